The number of unbranched alkanes of at least 4 members (excludes halogenated alkanes) is 1. The fourth-order valence-corrected chi connectivity index (χ4v) is 10.5. The lowest BCUT2D eigenvalue weighted by atomic mass is 9.89. The highest BCUT2D eigenvalue weighted by Gasteiger charge is 2.32. The minimum Gasteiger partial charge on any atom is -0.507 e. The third-order valence-corrected chi connectivity index (χ3v) is 12.7. The van der Waals surface area contributed by atoms with Crippen LogP contribution < -0.4 is 5.32 Å². The predicted octanol–water partition coefficient (Wildman–Crippen LogP) is 7.63. The van der Waals surface area contributed by atoms with Crippen LogP contribution in [-0.4, -0.2) is 63.6 Å². The van der Waals surface area contributed by atoms with E-state index < -0.39 is 34.6 Å². The fraction of sp³-hybridized carbons (Fsp3) is 0.444. The molecule has 0 aromatic heterocycles. The first-order valence-electron chi connectivity index (χ1n) is 15.8. The Kier molecular flexibility index (Phi) is 13.5. The largest absolute Gasteiger partial charge is 0.507 e. The lowest BCUT2D eigenvalue weighted by Gasteiger charge is -2.29. The highest BCUT2D eigenvalue weighted by Crippen LogP contribution is 2.49. The van der Waals surface area contributed by atoms with E-state index in [1.807, 2.05) is 43.4 Å². The third-order valence-electron chi connectivity index (χ3n) is 8.21. The van der Waals surface area contributed by atoms with Crippen LogP contribution in [0.15, 0.2) is 54.1 Å². The van der Waals surface area contributed by atoms with Crippen LogP contribution in [0.1, 0.15) is 99.6 Å². The molecule has 1 heterocycles. The van der Waals surface area contributed by atoms with E-state index in [1.165, 1.54) is 36.1 Å². The van der Waals surface area contributed by atoms with Crippen molar-refractivity contribution in [3.8, 4) is 11.5 Å². The Labute approximate surface area is 289 Å². The average Bonchev–Trinajstić information content (AvgIpc) is 3.05. The zero-order chi connectivity index (χ0) is 34.1. The number of nitrogens with one attached hydrogen (secondary N) is 1. The summed E-state index contributed by atoms with van der Waals surface area (Å²) in [5.74, 6) is -1.49. The third kappa shape index (κ3) is 9.70. The number of carbonyl (C=O) groups is 4. The molecular weight excluding hydrogens is 655 g/mol. The second kappa shape index (κ2) is 17.3. The van der Waals surface area contributed by atoms with Crippen molar-refractivity contribution in [2.75, 3.05) is 18.6 Å². The van der Waals surface area contributed by atoms with Gasteiger partial charge in [0.1, 0.15) is 17.5 Å². The standard InChI is InChI=1S/C36H43NO7S3/c1-21(2)13-16-30(25-19-29(40)32-27(38)14-15-28(39)33(32)34(25)42)46-20-26(35(43)44-4)37-31(41)12-8-6-10-23-17-18-45-36(47-23)24-11-7-5-9-22(24)3/h5,7,9,11,13-15,19,23,26,30,36,40,42H,6,8,10,12,16-18,20H2,1-4H3,(H,37,41)/t23-,26+,30-,36?/m1/s1. The summed E-state index contributed by atoms with van der Waals surface area (Å²) in [6, 6.07) is 8.91. The van der Waals surface area contributed by atoms with Crippen molar-refractivity contribution in [2.24, 2.45) is 0 Å². The van der Waals surface area contributed by atoms with Gasteiger partial charge in [0.05, 0.1) is 22.8 Å². The minimum absolute atomic E-state index is 0.125. The number of aromatic hydroxyl groups is 2. The van der Waals surface area contributed by atoms with Crippen molar-refractivity contribution in [2.45, 2.75) is 80.4 Å². The van der Waals surface area contributed by atoms with Gasteiger partial charge in [-0.2, -0.15) is 11.8 Å². The normalized spacial score (nSPS) is 18.6. The topological polar surface area (TPSA) is 130 Å². The highest BCUT2D eigenvalue weighted by atomic mass is 32.2. The molecule has 1 amide bonds. The zero-order valence-electron chi connectivity index (χ0n) is 27.2. The van der Waals surface area contributed by atoms with E-state index in [-0.39, 0.29) is 40.5 Å². The summed E-state index contributed by atoms with van der Waals surface area (Å²) >= 11 is 5.30. The number of rotatable bonds is 14. The van der Waals surface area contributed by atoms with Crippen LogP contribution in [0.2, 0.25) is 0 Å². The number of fused-ring (bicyclic) bond motifs is 1. The Hall–Kier alpha value is -3.15. The number of methoxy groups -OCH3 is 1. The molecule has 11 heteroatoms. The van der Waals surface area contributed by atoms with E-state index in [4.69, 9.17) is 4.74 Å². The number of hydrogen-bond donors (Lipinski definition) is 3. The molecule has 1 saturated heterocycles. The molecule has 4 atom stereocenters. The highest BCUT2D eigenvalue weighted by molar-refractivity contribution is 8.17. The van der Waals surface area contributed by atoms with Gasteiger partial charge in [-0.1, -0.05) is 42.3 Å². The molecule has 1 unspecified atom stereocenters. The number of ketones is 2. The summed E-state index contributed by atoms with van der Waals surface area (Å²) in [4.78, 5) is 50.6. The van der Waals surface area contributed by atoms with Crippen LogP contribution in [0.3, 0.4) is 0 Å². The number of phenols is 2. The Morgan fingerprint density at radius 3 is 2.53 bits per heavy atom. The van der Waals surface area contributed by atoms with Gasteiger partial charge < -0.3 is 20.3 Å². The second-order valence-electron chi connectivity index (χ2n) is 12.0. The van der Waals surface area contributed by atoms with Crippen molar-refractivity contribution in [1.82, 2.24) is 5.32 Å². The molecule has 0 bridgehead atoms. The van der Waals surface area contributed by atoms with Gasteiger partial charge in [0, 0.05) is 28.2 Å². The Bertz CT molecular complexity index is 1550. The zero-order valence-corrected chi connectivity index (χ0v) is 29.7. The summed E-state index contributed by atoms with van der Waals surface area (Å²) < 4.78 is 5.42. The van der Waals surface area contributed by atoms with Crippen molar-refractivity contribution in [1.29, 1.82) is 0 Å². The second-order valence-corrected chi connectivity index (χ2v) is 16.1. The van der Waals surface area contributed by atoms with E-state index in [0.717, 1.165) is 42.7 Å². The molecule has 252 valence electrons. The first-order valence-corrected chi connectivity index (χ1v) is 18.8. The molecule has 3 N–H and O–H groups in total. The van der Waals surface area contributed by atoms with Crippen LogP contribution in [0.4, 0.5) is 0 Å². The number of ether oxygens (including phenoxy) is 1. The number of phenolic OH excluding ortho intramolecular Hbond substituents is 2. The molecule has 0 radical (unpaired) electrons. The lowest BCUT2D eigenvalue weighted by Crippen LogP contribution is -2.43. The van der Waals surface area contributed by atoms with Gasteiger partial charge in [-0.15, -0.1) is 23.5 Å². The average molecular weight is 698 g/mol. The number of amides is 1. The maximum Gasteiger partial charge on any atom is 0.329 e. The molecule has 1 fully saturated rings. The van der Waals surface area contributed by atoms with Crippen LogP contribution in [0, 0.1) is 6.92 Å². The quantitative estimate of drug-likeness (QED) is 0.0784. The number of thioether (sulfide) groups is 3. The molecule has 2 aromatic carbocycles. The van der Waals surface area contributed by atoms with Crippen LogP contribution >= 0.6 is 35.3 Å². The number of aryl methyl sites for hydroxylation is 1. The van der Waals surface area contributed by atoms with Crippen molar-refractivity contribution >= 4 is 58.7 Å². The van der Waals surface area contributed by atoms with Gasteiger partial charge in [-0.3, -0.25) is 14.4 Å². The smallest absolute Gasteiger partial charge is 0.329 e. The Morgan fingerprint density at radius 1 is 1.11 bits per heavy atom. The minimum atomic E-state index is -0.938. The van der Waals surface area contributed by atoms with Gasteiger partial charge in [-0.05, 0) is 81.6 Å². The van der Waals surface area contributed by atoms with Gasteiger partial charge in [0.15, 0.2) is 11.6 Å². The van der Waals surface area contributed by atoms with Crippen LogP contribution in [0.5, 0.6) is 11.5 Å². The molecule has 2 aromatic rings. The van der Waals surface area contributed by atoms with Crippen molar-refractivity contribution < 1.29 is 34.1 Å². The molecule has 2 aliphatic rings. The van der Waals surface area contributed by atoms with E-state index in [1.54, 1.807) is 0 Å². The molecule has 1 aliphatic carbocycles. The summed E-state index contributed by atoms with van der Waals surface area (Å²) in [6.07, 6.45) is 8.58. The molecule has 0 spiro atoms. The first kappa shape index (κ1) is 36.7. The number of esters is 1. The molecule has 4 rings (SSSR count). The molecule has 8 nitrogen and oxygen atoms in total. The first-order chi connectivity index (χ1) is 22.5. The van der Waals surface area contributed by atoms with E-state index in [9.17, 15) is 29.4 Å². The van der Waals surface area contributed by atoms with Gasteiger partial charge in [0.25, 0.3) is 0 Å². The van der Waals surface area contributed by atoms with E-state index in [0.29, 0.717) is 22.7 Å². The summed E-state index contributed by atoms with van der Waals surface area (Å²) in [7, 11) is 1.26. The predicted molar refractivity (Wildman–Crippen MR) is 192 cm³/mol. The Balaban J connectivity index is 1.36. The maximum atomic E-state index is 13.0. The Morgan fingerprint density at radius 2 is 1.83 bits per heavy atom. The summed E-state index contributed by atoms with van der Waals surface area (Å²) in [5, 5.41) is 24.7. The van der Waals surface area contributed by atoms with Crippen LogP contribution in [0.25, 0.3) is 0 Å². The number of allylic oxidation sites excluding steroid dienone is 4. The molecule has 0 saturated carbocycles. The number of carbonyl (C=O) groups excluding carboxylic acids is 4. The fourth-order valence-electron chi connectivity index (χ4n) is 5.62. The molecule has 47 heavy (non-hydrogen) atoms. The number of benzene rings is 2. The van der Waals surface area contributed by atoms with Crippen molar-refractivity contribution in [3.05, 3.63) is 82.0 Å². The van der Waals surface area contributed by atoms with Gasteiger partial charge in [0.2, 0.25) is 5.91 Å². The maximum absolute atomic E-state index is 13.0. The molecular formula is C36H43NO7S3. The summed E-state index contributed by atoms with van der Waals surface area (Å²) in [6.45, 7) is 6.00. The lowest BCUT2D eigenvalue weighted by molar-refractivity contribution is -0.144. The van der Waals surface area contributed by atoms with E-state index >= 15 is 0 Å². The van der Waals surface area contributed by atoms with Crippen molar-refractivity contribution in [3.63, 3.8) is 0 Å². The number of hydrogen-bond acceptors (Lipinski definition) is 10. The monoisotopic (exact) mass is 697 g/mol. The van der Waals surface area contributed by atoms with Crippen LogP contribution in [-0.2, 0) is 14.3 Å². The summed E-state index contributed by atoms with van der Waals surface area (Å²) in [5.41, 5.74) is 3.53. The SMILES string of the molecule is COC(=O)[C@H](CS[C@H](CC=C(C)C)c1cc(O)c2c(c1O)C(=O)C=CC2=O)NC(=O)CCCC[C@@H]1CCSC(c2ccccc2C)S1. The van der Waals surface area contributed by atoms with Gasteiger partial charge in [-0.25, -0.2) is 4.79 Å². The van der Waals surface area contributed by atoms with E-state index in [2.05, 4.69) is 36.5 Å². The van der Waals surface area contributed by atoms with Gasteiger partial charge >= 0.3 is 5.97 Å². The molecule has 1 aliphatic heterocycles.